The van der Waals surface area contributed by atoms with Gasteiger partial charge >= 0.3 is 0 Å². The molecule has 2 N–H and O–H groups in total. The summed E-state index contributed by atoms with van der Waals surface area (Å²) in [6.45, 7) is 1.85. The molecule has 9 heteroatoms. The minimum absolute atomic E-state index is 0.00400. The summed E-state index contributed by atoms with van der Waals surface area (Å²) in [5.74, 6) is -0.158. The number of aryl methyl sites for hydroxylation is 2. The molecule has 0 atom stereocenters. The van der Waals surface area contributed by atoms with Crippen molar-refractivity contribution in [2.24, 2.45) is 5.92 Å². The average molecular weight is 485 g/mol. The number of carbonyl (C=O) groups is 1. The van der Waals surface area contributed by atoms with Crippen LogP contribution in [-0.4, -0.2) is 49.8 Å². The minimum atomic E-state index is -3.51. The number of hydrogen-bond acceptors (Lipinski definition) is 6. The number of anilines is 1. The van der Waals surface area contributed by atoms with Gasteiger partial charge in [-0.1, -0.05) is 29.5 Å². The molecule has 0 radical (unpaired) electrons. The maximum atomic E-state index is 13.1. The second kappa shape index (κ2) is 9.40. The average Bonchev–Trinajstić information content (AvgIpc) is 3.47. The zero-order valence-electron chi connectivity index (χ0n) is 18.4. The lowest BCUT2D eigenvalue weighted by Crippen LogP contribution is -2.43. The second-order valence-electron chi connectivity index (χ2n) is 8.67. The molecule has 1 aliphatic heterocycles. The van der Waals surface area contributed by atoms with Crippen LogP contribution in [0.4, 0.5) is 5.13 Å². The van der Waals surface area contributed by atoms with Gasteiger partial charge < -0.3 is 10.6 Å². The molecule has 0 saturated carbocycles. The third-order valence-electron chi connectivity index (χ3n) is 6.53. The first-order valence-electron chi connectivity index (χ1n) is 11.5. The van der Waals surface area contributed by atoms with Crippen LogP contribution in [-0.2, 0) is 27.7 Å². The fourth-order valence-electron chi connectivity index (χ4n) is 4.66. The van der Waals surface area contributed by atoms with Gasteiger partial charge in [0.15, 0.2) is 5.13 Å². The molecule has 7 nitrogen and oxygen atoms in total. The number of hydrogen-bond donors (Lipinski definition) is 2. The van der Waals surface area contributed by atoms with Crippen LogP contribution in [0, 0.1) is 5.92 Å². The zero-order valence-corrected chi connectivity index (χ0v) is 20.1. The van der Waals surface area contributed by atoms with Crippen molar-refractivity contribution in [2.45, 2.75) is 37.0 Å². The molecular formula is C24H28N4O3S2. The van der Waals surface area contributed by atoms with E-state index in [4.69, 9.17) is 0 Å². The number of carbonyl (C=O) groups excluding carboxylic acids is 1. The number of aromatic nitrogens is 1. The molecule has 1 aliphatic carbocycles. The predicted molar refractivity (Wildman–Crippen MR) is 131 cm³/mol. The first-order valence-corrected chi connectivity index (χ1v) is 13.8. The monoisotopic (exact) mass is 484 g/mol. The number of amides is 1. The van der Waals surface area contributed by atoms with E-state index in [0.717, 1.165) is 40.2 Å². The van der Waals surface area contributed by atoms with E-state index in [1.54, 1.807) is 17.4 Å². The molecule has 3 aromatic rings. The van der Waals surface area contributed by atoms with Crippen molar-refractivity contribution < 1.29 is 13.2 Å². The van der Waals surface area contributed by atoms with Crippen molar-refractivity contribution in [3.63, 3.8) is 0 Å². The van der Waals surface area contributed by atoms with E-state index in [2.05, 4.69) is 15.6 Å². The van der Waals surface area contributed by atoms with Crippen LogP contribution >= 0.6 is 11.3 Å². The molecule has 1 fully saturated rings. The molecule has 174 valence electrons. The minimum Gasteiger partial charge on any atom is -0.360 e. The summed E-state index contributed by atoms with van der Waals surface area (Å²) < 4.78 is 28.8. The number of sulfonamides is 1. The Hall–Kier alpha value is -2.49. The number of piperidine rings is 1. The summed E-state index contributed by atoms with van der Waals surface area (Å²) in [6, 6.07) is 13.5. The molecule has 2 heterocycles. The maximum absolute atomic E-state index is 13.1. The summed E-state index contributed by atoms with van der Waals surface area (Å²) in [5.41, 5.74) is 3.39. The maximum Gasteiger partial charge on any atom is 0.243 e. The molecule has 1 saturated heterocycles. The molecule has 1 aromatic heterocycles. The van der Waals surface area contributed by atoms with Gasteiger partial charge in [-0.2, -0.15) is 4.31 Å². The Morgan fingerprint density at radius 1 is 1.06 bits per heavy atom. The fourth-order valence-corrected chi connectivity index (χ4v) is 7.08. The van der Waals surface area contributed by atoms with Crippen molar-refractivity contribution in [3.8, 4) is 0 Å². The van der Waals surface area contributed by atoms with Crippen LogP contribution in [0.2, 0.25) is 0 Å². The molecule has 2 aromatic carbocycles. The number of thiazole rings is 1. The summed E-state index contributed by atoms with van der Waals surface area (Å²) in [5, 5.41) is 7.08. The normalized spacial score (nSPS) is 17.2. The van der Waals surface area contributed by atoms with E-state index in [-0.39, 0.29) is 11.8 Å². The number of rotatable bonds is 7. The SMILES string of the molecule is O=C(NCCNc1nc2ccccc2s1)C1CCN(S(=O)(=O)c2ccc3c(c2)CCC3)CC1. The van der Waals surface area contributed by atoms with Gasteiger partial charge in [0.05, 0.1) is 15.1 Å². The number of nitrogens with zero attached hydrogens (tertiary/aromatic N) is 2. The molecule has 0 spiro atoms. The highest BCUT2D eigenvalue weighted by molar-refractivity contribution is 7.89. The van der Waals surface area contributed by atoms with Crippen molar-refractivity contribution >= 4 is 42.6 Å². The number of para-hydroxylation sites is 1. The summed E-state index contributed by atoms with van der Waals surface area (Å²) in [4.78, 5) is 17.5. The molecule has 33 heavy (non-hydrogen) atoms. The fraction of sp³-hybridized carbons (Fsp3) is 0.417. The molecule has 2 aliphatic rings. The first-order chi connectivity index (χ1) is 16.0. The van der Waals surface area contributed by atoms with Crippen molar-refractivity contribution in [2.75, 3.05) is 31.5 Å². The van der Waals surface area contributed by atoms with Gasteiger partial charge in [0.25, 0.3) is 0 Å². The third kappa shape index (κ3) is 4.76. The quantitative estimate of drug-likeness (QED) is 0.502. The van der Waals surface area contributed by atoms with Crippen molar-refractivity contribution in [1.29, 1.82) is 0 Å². The van der Waals surface area contributed by atoms with E-state index in [9.17, 15) is 13.2 Å². The van der Waals surface area contributed by atoms with Gasteiger partial charge in [-0.15, -0.1) is 0 Å². The number of benzene rings is 2. The molecule has 5 rings (SSSR count). The topological polar surface area (TPSA) is 91.4 Å². The lowest BCUT2D eigenvalue weighted by molar-refractivity contribution is -0.126. The largest absolute Gasteiger partial charge is 0.360 e. The summed E-state index contributed by atoms with van der Waals surface area (Å²) in [7, 11) is -3.51. The van der Waals surface area contributed by atoms with Crippen LogP contribution in [0.1, 0.15) is 30.4 Å². The Labute approximate surface area is 198 Å². The zero-order chi connectivity index (χ0) is 22.8. The molecule has 0 bridgehead atoms. The van der Waals surface area contributed by atoms with Crippen LogP contribution < -0.4 is 10.6 Å². The van der Waals surface area contributed by atoms with Gasteiger partial charge in [-0.3, -0.25) is 4.79 Å². The molecule has 0 unspecified atom stereocenters. The van der Waals surface area contributed by atoms with Gasteiger partial charge in [0, 0.05) is 32.1 Å². The Kier molecular flexibility index (Phi) is 6.36. The van der Waals surface area contributed by atoms with Crippen LogP contribution in [0.5, 0.6) is 0 Å². The lowest BCUT2D eigenvalue weighted by atomic mass is 9.97. The first kappa shape index (κ1) is 22.3. The van der Waals surface area contributed by atoms with Crippen LogP contribution in [0.25, 0.3) is 10.2 Å². The number of nitrogens with one attached hydrogen (secondary N) is 2. The van der Waals surface area contributed by atoms with E-state index < -0.39 is 10.0 Å². The highest BCUT2D eigenvalue weighted by atomic mass is 32.2. The summed E-state index contributed by atoms with van der Waals surface area (Å²) >= 11 is 1.59. The van der Waals surface area contributed by atoms with E-state index in [1.807, 2.05) is 36.4 Å². The van der Waals surface area contributed by atoms with Gasteiger partial charge in [0.1, 0.15) is 0 Å². The van der Waals surface area contributed by atoms with Crippen molar-refractivity contribution in [3.05, 3.63) is 53.6 Å². The smallest absolute Gasteiger partial charge is 0.243 e. The van der Waals surface area contributed by atoms with Crippen LogP contribution in [0.3, 0.4) is 0 Å². The van der Waals surface area contributed by atoms with Crippen LogP contribution in [0.15, 0.2) is 47.4 Å². The highest BCUT2D eigenvalue weighted by Crippen LogP contribution is 2.29. The van der Waals surface area contributed by atoms with E-state index in [0.29, 0.717) is 43.9 Å². The van der Waals surface area contributed by atoms with E-state index >= 15 is 0 Å². The van der Waals surface area contributed by atoms with E-state index in [1.165, 1.54) is 9.87 Å². The predicted octanol–water partition coefficient (Wildman–Crippen LogP) is 3.41. The highest BCUT2D eigenvalue weighted by Gasteiger charge is 2.32. The standard InChI is InChI=1S/C24H28N4O3S2/c29-23(25-12-13-26-24-27-21-6-1-2-7-22(21)32-24)18-10-14-28(15-11-18)33(30,31)20-9-8-17-4-3-5-19(17)16-20/h1-2,6-9,16,18H,3-5,10-15H2,(H,25,29)(H,26,27). The van der Waals surface area contributed by atoms with Gasteiger partial charge in [-0.25, -0.2) is 13.4 Å². The van der Waals surface area contributed by atoms with Gasteiger partial charge in [-0.05, 0) is 67.5 Å². The Balaban J connectivity index is 1.09. The van der Waals surface area contributed by atoms with Crippen molar-refractivity contribution in [1.82, 2.24) is 14.6 Å². The summed E-state index contributed by atoms with van der Waals surface area (Å²) in [6.07, 6.45) is 4.17. The third-order valence-corrected chi connectivity index (χ3v) is 9.42. The molecular weight excluding hydrogens is 456 g/mol. The Bertz CT molecular complexity index is 1230. The number of fused-ring (bicyclic) bond motifs is 2. The molecule has 1 amide bonds. The lowest BCUT2D eigenvalue weighted by Gasteiger charge is -2.30. The Morgan fingerprint density at radius 2 is 1.85 bits per heavy atom. The second-order valence-corrected chi connectivity index (χ2v) is 11.6. The van der Waals surface area contributed by atoms with Gasteiger partial charge in [0.2, 0.25) is 15.9 Å². The Morgan fingerprint density at radius 3 is 2.67 bits per heavy atom.